The summed E-state index contributed by atoms with van der Waals surface area (Å²) in [6.45, 7) is 12.8. The molecule has 0 saturated carbocycles. The van der Waals surface area contributed by atoms with E-state index in [1.54, 1.807) is 0 Å². The molecule has 45 heavy (non-hydrogen) atoms. The lowest BCUT2D eigenvalue weighted by Crippen LogP contribution is -2.27. The number of esters is 2. The predicted molar refractivity (Wildman–Crippen MR) is 173 cm³/mol. The first kappa shape index (κ1) is 30.8. The van der Waals surface area contributed by atoms with Crippen molar-refractivity contribution in [2.24, 2.45) is 17.8 Å². The Kier molecular flexibility index (Phi) is 7.93. The van der Waals surface area contributed by atoms with Crippen LogP contribution >= 0.6 is 0 Å². The van der Waals surface area contributed by atoms with Crippen molar-refractivity contribution in [1.29, 1.82) is 0 Å². The number of methoxy groups -OCH3 is 2. The highest BCUT2D eigenvalue weighted by atomic mass is 16.5. The normalized spacial score (nSPS) is 26.5. The Morgan fingerprint density at radius 3 is 2.36 bits per heavy atom. The summed E-state index contributed by atoms with van der Waals surface area (Å²) in [5.74, 6) is -1.58. The van der Waals surface area contributed by atoms with Crippen LogP contribution in [0.2, 0.25) is 0 Å². The Balaban J connectivity index is 1.70. The fourth-order valence-electron chi connectivity index (χ4n) is 7.74. The number of allylic oxidation sites excluding steroid dienone is 4. The molecule has 2 aromatic heterocycles. The zero-order valence-electron chi connectivity index (χ0n) is 27.5. The van der Waals surface area contributed by atoms with Crippen LogP contribution in [-0.4, -0.2) is 41.2 Å². The molecule has 0 fully saturated rings. The number of hydrogen-bond acceptors (Lipinski definition) is 7. The molecule has 0 radical (unpaired) electrons. The predicted octanol–water partition coefficient (Wildman–Crippen LogP) is 3.93. The lowest BCUT2D eigenvalue weighted by atomic mass is 9.89. The molecular weight excluding hydrogens is 568 g/mol. The molecule has 0 unspecified atom stereocenters. The third-order valence-corrected chi connectivity index (χ3v) is 10.4. The Morgan fingerprint density at radius 1 is 0.933 bits per heavy atom. The largest absolute Gasteiger partial charge is 0.469 e. The number of aromatic nitrogens is 2. The van der Waals surface area contributed by atoms with Crippen molar-refractivity contribution in [2.75, 3.05) is 14.2 Å². The van der Waals surface area contributed by atoms with Crippen LogP contribution in [0.3, 0.4) is 0 Å². The molecule has 4 aliphatic rings. The molecule has 9 nitrogen and oxygen atoms in total. The van der Waals surface area contributed by atoms with Gasteiger partial charge < -0.3 is 35.2 Å². The standard InChI is InChI=1S/C36H44N4O5/c1-9-20-16(3)23-13-25-18(5)22(11-12-29(41)44-7)33(39-25)31-32(36(43)45-8)35(42)30-19(6)26(40-34(30)31)15-28-21(10-2)17(4)24(38-28)14-27(20)37-23/h13-15,18,20,32,35,37-40,42H,9-12H2,1-8H3/b25-13-,26-15-,27-14-/t18-,20+,32+,35+/m0/s1. The average Bonchev–Trinajstić information content (AvgIpc) is 3.76. The van der Waals surface area contributed by atoms with Crippen LogP contribution in [0.25, 0.3) is 17.7 Å². The van der Waals surface area contributed by atoms with Gasteiger partial charge in [0, 0.05) is 68.9 Å². The van der Waals surface area contributed by atoms with Crippen LogP contribution in [0.15, 0.2) is 40.0 Å². The van der Waals surface area contributed by atoms with E-state index in [0.29, 0.717) is 22.9 Å². The van der Waals surface area contributed by atoms with Crippen LogP contribution in [0, 0.1) is 31.6 Å². The van der Waals surface area contributed by atoms with Gasteiger partial charge in [0.2, 0.25) is 0 Å². The SMILES string of the molecule is CCc1c2[nH]c(c1C)/C=C1\NC(=C(C)[C@H]1CC)/C=C1\NC(=C(CCC(=O)OC)[C@@H]1C)C1=c3[nH]/c(c(C)c3[C@@H](O)[C@@H]1C(=O)OC)=C\2. The van der Waals surface area contributed by atoms with Gasteiger partial charge in [-0.3, -0.25) is 9.59 Å². The number of H-pyrrole nitrogens is 2. The highest BCUT2D eigenvalue weighted by molar-refractivity contribution is 5.92. The minimum atomic E-state index is -1.09. The van der Waals surface area contributed by atoms with Crippen LogP contribution in [0.1, 0.15) is 86.7 Å². The molecule has 2 aromatic rings. The summed E-state index contributed by atoms with van der Waals surface area (Å²) in [5.41, 5.74) is 12.9. The van der Waals surface area contributed by atoms with Crippen LogP contribution < -0.4 is 21.3 Å². The van der Waals surface area contributed by atoms with E-state index < -0.39 is 18.0 Å². The molecule has 0 amide bonds. The first-order chi connectivity index (χ1) is 21.5. The number of carbonyl (C=O) groups excluding carboxylic acids is 2. The lowest BCUT2D eigenvalue weighted by Gasteiger charge is -2.20. The van der Waals surface area contributed by atoms with E-state index in [1.165, 1.54) is 30.9 Å². The van der Waals surface area contributed by atoms with Crippen molar-refractivity contribution in [3.63, 3.8) is 0 Å². The number of ether oxygens (including phenoxy) is 2. The molecule has 5 N–H and O–H groups in total. The second-order valence-corrected chi connectivity index (χ2v) is 12.6. The van der Waals surface area contributed by atoms with Crippen molar-refractivity contribution in [1.82, 2.24) is 20.6 Å². The lowest BCUT2D eigenvalue weighted by molar-refractivity contribution is -0.146. The van der Waals surface area contributed by atoms with E-state index >= 15 is 0 Å². The Bertz CT molecular complexity index is 1860. The summed E-state index contributed by atoms with van der Waals surface area (Å²) >= 11 is 0. The molecule has 238 valence electrons. The second kappa shape index (κ2) is 11.6. The summed E-state index contributed by atoms with van der Waals surface area (Å²) in [7, 11) is 2.74. The number of hydrogen-bond donors (Lipinski definition) is 5. The highest BCUT2D eigenvalue weighted by Crippen LogP contribution is 2.44. The van der Waals surface area contributed by atoms with Gasteiger partial charge in [0.1, 0.15) is 5.92 Å². The third-order valence-electron chi connectivity index (χ3n) is 10.4. The number of aromatic amines is 2. The van der Waals surface area contributed by atoms with Crippen molar-refractivity contribution >= 4 is 29.7 Å². The van der Waals surface area contributed by atoms with Crippen LogP contribution in [0.5, 0.6) is 0 Å². The fraction of sp³-hybridized carbons (Fsp3) is 0.444. The van der Waals surface area contributed by atoms with E-state index in [-0.39, 0.29) is 24.2 Å². The maximum atomic E-state index is 13.4. The average molecular weight is 613 g/mol. The highest BCUT2D eigenvalue weighted by Gasteiger charge is 2.45. The van der Waals surface area contributed by atoms with E-state index in [2.05, 4.69) is 73.4 Å². The monoisotopic (exact) mass is 612 g/mol. The minimum Gasteiger partial charge on any atom is -0.469 e. The molecule has 0 spiro atoms. The molecule has 3 aliphatic heterocycles. The van der Waals surface area contributed by atoms with Gasteiger partial charge in [-0.2, -0.15) is 0 Å². The number of fused-ring (bicyclic) bond motifs is 8. The van der Waals surface area contributed by atoms with Crippen molar-refractivity contribution in [2.45, 2.75) is 73.3 Å². The van der Waals surface area contributed by atoms with E-state index in [4.69, 9.17) is 9.47 Å². The maximum absolute atomic E-state index is 13.4. The van der Waals surface area contributed by atoms with Crippen LogP contribution in [-0.2, 0) is 25.5 Å². The second-order valence-electron chi connectivity index (χ2n) is 12.6. The van der Waals surface area contributed by atoms with Crippen molar-refractivity contribution in [3.05, 3.63) is 84.4 Å². The molecule has 0 saturated heterocycles. The van der Waals surface area contributed by atoms with E-state index in [9.17, 15) is 14.7 Å². The molecule has 9 heteroatoms. The Hall–Kier alpha value is -4.24. The minimum absolute atomic E-state index is 0.0791. The quantitative estimate of drug-likeness (QED) is 0.313. The van der Waals surface area contributed by atoms with Gasteiger partial charge in [0.25, 0.3) is 0 Å². The van der Waals surface area contributed by atoms with Gasteiger partial charge in [-0.05, 0) is 86.1 Å². The van der Waals surface area contributed by atoms with Gasteiger partial charge in [-0.25, -0.2) is 0 Å². The third kappa shape index (κ3) is 4.79. The van der Waals surface area contributed by atoms with Gasteiger partial charge in [-0.1, -0.05) is 20.8 Å². The molecular formula is C36H44N4O5. The fourth-order valence-corrected chi connectivity index (χ4v) is 7.74. The molecule has 0 aromatic carbocycles. The zero-order chi connectivity index (χ0) is 32.3. The Labute approximate surface area is 263 Å². The number of rotatable bonds is 6. The van der Waals surface area contributed by atoms with Crippen molar-refractivity contribution in [3.8, 4) is 0 Å². The van der Waals surface area contributed by atoms with Crippen molar-refractivity contribution < 1.29 is 24.2 Å². The van der Waals surface area contributed by atoms with E-state index in [0.717, 1.165) is 63.5 Å². The summed E-state index contributed by atoms with van der Waals surface area (Å²) in [6, 6.07) is 0. The summed E-state index contributed by atoms with van der Waals surface area (Å²) < 4.78 is 10.2. The summed E-state index contributed by atoms with van der Waals surface area (Å²) in [4.78, 5) is 33.0. The summed E-state index contributed by atoms with van der Waals surface area (Å²) in [6.07, 6.45) is 7.87. The summed E-state index contributed by atoms with van der Waals surface area (Å²) in [5, 5.41) is 20.7. The first-order valence-corrected chi connectivity index (χ1v) is 15.9. The molecule has 8 bridgehead atoms. The molecule has 6 rings (SSSR count). The zero-order valence-corrected chi connectivity index (χ0v) is 27.5. The number of nitrogens with one attached hydrogen (secondary N) is 4. The van der Waals surface area contributed by atoms with Gasteiger partial charge in [0.15, 0.2) is 0 Å². The molecule has 5 heterocycles. The topological polar surface area (TPSA) is 128 Å². The van der Waals surface area contributed by atoms with Crippen LogP contribution in [0.4, 0.5) is 0 Å². The first-order valence-electron chi connectivity index (χ1n) is 15.9. The molecule has 4 atom stereocenters. The Morgan fingerprint density at radius 2 is 1.69 bits per heavy atom. The number of aliphatic hydroxyl groups is 1. The van der Waals surface area contributed by atoms with Gasteiger partial charge in [0.05, 0.1) is 25.7 Å². The van der Waals surface area contributed by atoms with Gasteiger partial charge in [-0.15, -0.1) is 0 Å². The maximum Gasteiger partial charge on any atom is 0.316 e. The molecule has 1 aliphatic carbocycles. The van der Waals surface area contributed by atoms with E-state index in [1.807, 2.05) is 6.92 Å². The smallest absolute Gasteiger partial charge is 0.316 e. The number of carbonyl (C=O) groups is 2. The number of aliphatic hydroxyl groups excluding tert-OH is 1. The van der Waals surface area contributed by atoms with Gasteiger partial charge >= 0.3 is 11.9 Å².